The second-order valence-corrected chi connectivity index (χ2v) is 2.60. The summed E-state index contributed by atoms with van der Waals surface area (Å²) in [5.41, 5.74) is 0.0311. The summed E-state index contributed by atoms with van der Waals surface area (Å²) < 4.78 is 35.4. The molecule has 0 saturated carbocycles. The van der Waals surface area contributed by atoms with Crippen LogP contribution < -0.4 is 10.6 Å². The first-order valence-corrected chi connectivity index (χ1v) is 3.82. The lowest BCUT2D eigenvalue weighted by atomic mass is 10.3. The van der Waals surface area contributed by atoms with Gasteiger partial charge in [-0.25, -0.2) is 0 Å². The highest BCUT2D eigenvalue weighted by atomic mass is 19.4. The first-order valence-electron chi connectivity index (χ1n) is 3.82. The maximum atomic E-state index is 11.8. The van der Waals surface area contributed by atoms with E-state index in [1.807, 2.05) is 0 Å². The minimum absolute atomic E-state index is 0.0311. The Morgan fingerprint density at radius 2 is 1.93 bits per heavy atom. The summed E-state index contributed by atoms with van der Waals surface area (Å²) in [5.74, 6) is -0.240. The first-order chi connectivity index (χ1) is 6.49. The fraction of sp³-hybridized carbons (Fsp3) is 0.250. The summed E-state index contributed by atoms with van der Waals surface area (Å²) in [5, 5.41) is 13.9. The van der Waals surface area contributed by atoms with Gasteiger partial charge < -0.3 is 15.7 Å². The topological polar surface area (TPSA) is 44.3 Å². The van der Waals surface area contributed by atoms with Gasteiger partial charge in [-0.3, -0.25) is 0 Å². The molecule has 1 aliphatic rings. The van der Waals surface area contributed by atoms with Crippen LogP contribution in [0.4, 0.5) is 13.2 Å². The second kappa shape index (κ2) is 4.08. The van der Waals surface area contributed by atoms with Gasteiger partial charge in [0.2, 0.25) is 0 Å². The van der Waals surface area contributed by atoms with Crippen molar-refractivity contribution in [3.05, 3.63) is 36.0 Å². The molecule has 1 rings (SSSR count). The van der Waals surface area contributed by atoms with E-state index in [9.17, 15) is 18.3 Å². The average molecular weight is 206 g/mol. The van der Waals surface area contributed by atoms with E-state index in [1.54, 1.807) is 0 Å². The fourth-order valence-corrected chi connectivity index (χ4v) is 0.834. The SMILES string of the molecule is OC1=C(NCC(F)(F)F)C=CNC=C1. The molecule has 0 aromatic rings. The third kappa shape index (κ3) is 3.42. The van der Waals surface area contributed by atoms with E-state index in [2.05, 4.69) is 10.6 Å². The molecule has 3 nitrogen and oxygen atoms in total. The molecule has 0 aromatic carbocycles. The Balaban J connectivity index is 2.63. The van der Waals surface area contributed by atoms with Crippen molar-refractivity contribution >= 4 is 0 Å². The third-order valence-corrected chi connectivity index (χ3v) is 1.44. The number of nitrogens with one attached hydrogen (secondary N) is 2. The maximum absolute atomic E-state index is 11.8. The lowest BCUT2D eigenvalue weighted by Crippen LogP contribution is -2.28. The molecule has 0 amide bonds. The van der Waals surface area contributed by atoms with Gasteiger partial charge in [-0.15, -0.1) is 0 Å². The monoisotopic (exact) mass is 206 g/mol. The molecule has 0 bridgehead atoms. The van der Waals surface area contributed by atoms with Crippen molar-refractivity contribution in [3.8, 4) is 0 Å². The van der Waals surface area contributed by atoms with Crippen LogP contribution in [0, 0.1) is 0 Å². The average Bonchev–Trinajstić information content (AvgIpc) is 2.25. The Hall–Kier alpha value is -1.59. The zero-order valence-electron chi connectivity index (χ0n) is 7.10. The minimum Gasteiger partial charge on any atom is -0.506 e. The van der Waals surface area contributed by atoms with Crippen LogP contribution in [0.25, 0.3) is 0 Å². The van der Waals surface area contributed by atoms with Crippen LogP contribution in [0.2, 0.25) is 0 Å². The van der Waals surface area contributed by atoms with Gasteiger partial charge in [0.25, 0.3) is 0 Å². The predicted molar refractivity (Wildman–Crippen MR) is 45.1 cm³/mol. The van der Waals surface area contributed by atoms with E-state index in [0.717, 1.165) is 0 Å². The Labute approximate surface area is 78.6 Å². The van der Waals surface area contributed by atoms with Crippen molar-refractivity contribution in [2.75, 3.05) is 6.54 Å². The number of aliphatic hydroxyl groups excluding tert-OH is 1. The number of aliphatic hydroxyl groups is 1. The molecule has 78 valence electrons. The summed E-state index contributed by atoms with van der Waals surface area (Å²) in [6.07, 6.45) is 1.11. The first kappa shape index (κ1) is 10.5. The summed E-state index contributed by atoms with van der Waals surface area (Å²) >= 11 is 0. The van der Waals surface area contributed by atoms with E-state index in [0.29, 0.717) is 0 Å². The van der Waals surface area contributed by atoms with Gasteiger partial charge in [0.1, 0.15) is 12.3 Å². The molecule has 0 saturated heterocycles. The Bertz CT molecular complexity index is 291. The van der Waals surface area contributed by atoms with Crippen LogP contribution in [0.5, 0.6) is 0 Å². The van der Waals surface area contributed by atoms with Crippen molar-refractivity contribution in [3.63, 3.8) is 0 Å². The molecule has 14 heavy (non-hydrogen) atoms. The van der Waals surface area contributed by atoms with E-state index in [4.69, 9.17) is 0 Å². The molecule has 0 aliphatic carbocycles. The van der Waals surface area contributed by atoms with Crippen LogP contribution >= 0.6 is 0 Å². The molecule has 0 unspecified atom stereocenters. The molecule has 0 atom stereocenters. The molecule has 0 aromatic heterocycles. The quantitative estimate of drug-likeness (QED) is 0.642. The van der Waals surface area contributed by atoms with E-state index >= 15 is 0 Å². The fourth-order valence-electron chi connectivity index (χ4n) is 0.834. The number of allylic oxidation sites excluding steroid dienone is 2. The molecule has 0 radical (unpaired) electrons. The number of alkyl halides is 3. The minimum atomic E-state index is -4.30. The number of hydrogen-bond acceptors (Lipinski definition) is 3. The zero-order valence-corrected chi connectivity index (χ0v) is 7.10. The molecule has 1 heterocycles. The highest BCUT2D eigenvalue weighted by Gasteiger charge is 2.27. The highest BCUT2D eigenvalue weighted by molar-refractivity contribution is 5.29. The van der Waals surface area contributed by atoms with Crippen LogP contribution in [0.1, 0.15) is 0 Å². The largest absolute Gasteiger partial charge is 0.506 e. The van der Waals surface area contributed by atoms with Crippen molar-refractivity contribution in [2.24, 2.45) is 0 Å². The number of rotatable bonds is 2. The molecule has 0 fully saturated rings. The van der Waals surface area contributed by atoms with Gasteiger partial charge in [-0.1, -0.05) is 0 Å². The van der Waals surface area contributed by atoms with Crippen molar-refractivity contribution in [2.45, 2.75) is 6.18 Å². The zero-order chi connectivity index (χ0) is 10.6. The Kier molecular flexibility index (Phi) is 3.06. The third-order valence-electron chi connectivity index (χ3n) is 1.44. The van der Waals surface area contributed by atoms with E-state index in [-0.39, 0.29) is 11.5 Å². The van der Waals surface area contributed by atoms with Gasteiger partial charge >= 0.3 is 6.18 Å². The molecule has 0 spiro atoms. The molecule has 1 aliphatic heterocycles. The van der Waals surface area contributed by atoms with E-state index < -0.39 is 12.7 Å². The van der Waals surface area contributed by atoms with Crippen LogP contribution in [-0.2, 0) is 0 Å². The summed E-state index contributed by atoms with van der Waals surface area (Å²) in [6, 6.07) is 0. The summed E-state index contributed by atoms with van der Waals surface area (Å²) in [6.45, 7) is -1.18. The van der Waals surface area contributed by atoms with E-state index in [1.165, 1.54) is 24.6 Å². The maximum Gasteiger partial charge on any atom is 0.405 e. The normalized spacial score (nSPS) is 16.5. The van der Waals surface area contributed by atoms with Crippen molar-refractivity contribution < 1.29 is 18.3 Å². The molecule has 3 N–H and O–H groups in total. The highest BCUT2D eigenvalue weighted by Crippen LogP contribution is 2.14. The van der Waals surface area contributed by atoms with Crippen LogP contribution in [0.15, 0.2) is 36.0 Å². The van der Waals surface area contributed by atoms with Gasteiger partial charge in [-0.2, -0.15) is 13.2 Å². The summed E-state index contributed by atoms with van der Waals surface area (Å²) in [7, 11) is 0. The van der Waals surface area contributed by atoms with Gasteiger partial charge in [0.15, 0.2) is 0 Å². The Morgan fingerprint density at radius 1 is 1.29 bits per heavy atom. The molecular weight excluding hydrogens is 197 g/mol. The number of hydrogen-bond donors (Lipinski definition) is 3. The van der Waals surface area contributed by atoms with Gasteiger partial charge in [0, 0.05) is 12.4 Å². The van der Waals surface area contributed by atoms with Gasteiger partial charge in [-0.05, 0) is 12.2 Å². The second-order valence-electron chi connectivity index (χ2n) is 2.60. The predicted octanol–water partition coefficient (Wildman–Crippen LogP) is 1.54. The summed E-state index contributed by atoms with van der Waals surface area (Å²) in [4.78, 5) is 0. The standard InChI is InChI=1S/C8H9F3N2O/c9-8(10,11)5-13-6-1-3-12-4-2-7(6)14/h1-4,12-14H,5H2. The molecule has 6 heteroatoms. The lowest BCUT2D eigenvalue weighted by Gasteiger charge is -2.10. The van der Waals surface area contributed by atoms with Crippen LogP contribution in [0.3, 0.4) is 0 Å². The molecular formula is C8H9F3N2O. The smallest absolute Gasteiger partial charge is 0.405 e. The lowest BCUT2D eigenvalue weighted by molar-refractivity contribution is -0.123. The van der Waals surface area contributed by atoms with Crippen molar-refractivity contribution in [1.29, 1.82) is 0 Å². The Morgan fingerprint density at radius 3 is 2.57 bits per heavy atom. The number of halogens is 3. The van der Waals surface area contributed by atoms with Crippen LogP contribution in [-0.4, -0.2) is 17.8 Å². The van der Waals surface area contributed by atoms with Gasteiger partial charge in [0.05, 0.1) is 5.70 Å². The van der Waals surface area contributed by atoms with Crippen molar-refractivity contribution in [1.82, 2.24) is 10.6 Å².